The number of aromatic nitrogens is 1. The smallest absolute Gasteiger partial charge is 0.242 e. The van der Waals surface area contributed by atoms with Crippen LogP contribution in [0.5, 0.6) is 0 Å². The number of nitrogens with one attached hydrogen (secondary N) is 1. The summed E-state index contributed by atoms with van der Waals surface area (Å²) in [5.41, 5.74) is 6.57. The lowest BCUT2D eigenvalue weighted by Gasteiger charge is -2.11. The summed E-state index contributed by atoms with van der Waals surface area (Å²) in [5, 5.41) is 0. The molecule has 3 N–H and O–H groups in total. The molecule has 1 aliphatic rings. The van der Waals surface area contributed by atoms with E-state index >= 15 is 0 Å². The molecule has 19 heavy (non-hydrogen) atoms. The van der Waals surface area contributed by atoms with Gasteiger partial charge in [-0.05, 0) is 32.1 Å². The van der Waals surface area contributed by atoms with Gasteiger partial charge in [0, 0.05) is 36.3 Å². The number of nitrogens with two attached hydrogens (primary N) is 1. The average Bonchev–Trinajstić information content (AvgIpc) is 3.07. The number of sulfonamides is 1. The first-order chi connectivity index (χ1) is 8.97. The van der Waals surface area contributed by atoms with Crippen molar-refractivity contribution in [1.82, 2.24) is 9.29 Å². The standard InChI is InChI=1S/C12H21N3O2S2/c1-9(8-18-2)14-19(16,17)12-5-11(6-13)15(7-12)10-3-4-10/h5,7,9-10,14H,3-4,6,8,13H2,1-2H3. The molecule has 1 aromatic rings. The van der Waals surface area contributed by atoms with Crippen molar-refractivity contribution < 1.29 is 8.42 Å². The van der Waals surface area contributed by atoms with E-state index in [-0.39, 0.29) is 6.04 Å². The van der Waals surface area contributed by atoms with E-state index in [0.717, 1.165) is 24.3 Å². The molecule has 1 aromatic heterocycles. The summed E-state index contributed by atoms with van der Waals surface area (Å²) < 4.78 is 29.2. The number of thioether (sulfide) groups is 1. The van der Waals surface area contributed by atoms with E-state index in [2.05, 4.69) is 4.72 Å². The van der Waals surface area contributed by atoms with Gasteiger partial charge in [0.1, 0.15) is 0 Å². The van der Waals surface area contributed by atoms with Gasteiger partial charge in [-0.15, -0.1) is 0 Å². The summed E-state index contributed by atoms with van der Waals surface area (Å²) >= 11 is 1.62. The molecule has 1 heterocycles. The first-order valence-electron chi connectivity index (χ1n) is 6.40. The molecule has 1 atom stereocenters. The van der Waals surface area contributed by atoms with Crippen LogP contribution in [0.15, 0.2) is 17.2 Å². The Kier molecular flexibility index (Phi) is 4.60. The van der Waals surface area contributed by atoms with Gasteiger partial charge < -0.3 is 10.3 Å². The molecule has 1 saturated carbocycles. The lowest BCUT2D eigenvalue weighted by molar-refractivity contribution is 0.570. The van der Waals surface area contributed by atoms with Gasteiger partial charge in [-0.1, -0.05) is 0 Å². The molecule has 0 aromatic carbocycles. The molecule has 1 unspecified atom stereocenters. The van der Waals surface area contributed by atoms with Gasteiger partial charge in [0.05, 0.1) is 4.90 Å². The number of hydrogen-bond donors (Lipinski definition) is 2. The summed E-state index contributed by atoms with van der Waals surface area (Å²) in [6, 6.07) is 2.05. The van der Waals surface area contributed by atoms with Crippen molar-refractivity contribution in [2.75, 3.05) is 12.0 Å². The Hall–Kier alpha value is -0.500. The van der Waals surface area contributed by atoms with Gasteiger partial charge in [-0.2, -0.15) is 11.8 Å². The predicted octanol–water partition coefficient (Wildman–Crippen LogP) is 1.31. The Labute approximate surface area is 119 Å². The molecule has 0 saturated heterocycles. The molecule has 5 nitrogen and oxygen atoms in total. The third-order valence-electron chi connectivity index (χ3n) is 3.14. The molecular formula is C12H21N3O2S2. The maximum absolute atomic E-state index is 12.3. The van der Waals surface area contributed by atoms with Gasteiger partial charge in [0.25, 0.3) is 0 Å². The van der Waals surface area contributed by atoms with Gasteiger partial charge in [0.15, 0.2) is 0 Å². The molecule has 1 aliphatic carbocycles. The quantitative estimate of drug-likeness (QED) is 0.796. The molecule has 0 spiro atoms. The molecule has 0 aliphatic heterocycles. The molecule has 1 fully saturated rings. The zero-order valence-electron chi connectivity index (χ0n) is 11.3. The second-order valence-corrected chi connectivity index (χ2v) is 7.61. The van der Waals surface area contributed by atoms with Crippen molar-refractivity contribution >= 4 is 21.8 Å². The number of hydrogen-bond acceptors (Lipinski definition) is 4. The van der Waals surface area contributed by atoms with Crippen LogP contribution in [0, 0.1) is 0 Å². The van der Waals surface area contributed by atoms with Crippen molar-refractivity contribution in [1.29, 1.82) is 0 Å². The fourth-order valence-electron chi connectivity index (χ4n) is 2.12. The Morgan fingerprint density at radius 3 is 2.79 bits per heavy atom. The maximum atomic E-state index is 12.3. The van der Waals surface area contributed by atoms with E-state index in [9.17, 15) is 8.42 Å². The van der Waals surface area contributed by atoms with Crippen LogP contribution in [0.1, 0.15) is 31.5 Å². The second kappa shape index (κ2) is 5.87. The van der Waals surface area contributed by atoms with Crippen LogP contribution < -0.4 is 10.5 Å². The number of nitrogens with zero attached hydrogens (tertiary/aromatic N) is 1. The number of rotatable bonds is 7. The average molecular weight is 303 g/mol. The van der Waals surface area contributed by atoms with E-state index < -0.39 is 10.0 Å². The molecular weight excluding hydrogens is 282 g/mol. The Balaban J connectivity index is 2.20. The Morgan fingerprint density at radius 2 is 2.26 bits per heavy atom. The summed E-state index contributed by atoms with van der Waals surface area (Å²) in [5.74, 6) is 0.756. The van der Waals surface area contributed by atoms with E-state index in [1.54, 1.807) is 24.0 Å². The van der Waals surface area contributed by atoms with Crippen LogP contribution in [0.25, 0.3) is 0 Å². The van der Waals surface area contributed by atoms with Gasteiger partial charge >= 0.3 is 0 Å². The topological polar surface area (TPSA) is 77.1 Å². The Bertz CT molecular complexity index is 535. The largest absolute Gasteiger partial charge is 0.346 e. The Morgan fingerprint density at radius 1 is 1.58 bits per heavy atom. The molecule has 2 rings (SSSR count). The summed E-state index contributed by atoms with van der Waals surface area (Å²) in [7, 11) is -3.44. The van der Waals surface area contributed by atoms with Crippen molar-refractivity contribution in [3.8, 4) is 0 Å². The maximum Gasteiger partial charge on any atom is 0.242 e. The molecule has 108 valence electrons. The van der Waals surface area contributed by atoms with Gasteiger partial charge in [-0.25, -0.2) is 13.1 Å². The zero-order chi connectivity index (χ0) is 14.0. The monoisotopic (exact) mass is 303 g/mol. The van der Waals surface area contributed by atoms with Crippen LogP contribution in [0.2, 0.25) is 0 Å². The highest BCUT2D eigenvalue weighted by Crippen LogP contribution is 2.37. The third-order valence-corrected chi connectivity index (χ3v) is 5.53. The van der Waals surface area contributed by atoms with Crippen LogP contribution in [0.3, 0.4) is 0 Å². The lowest BCUT2D eigenvalue weighted by atomic mass is 10.4. The van der Waals surface area contributed by atoms with Crippen molar-refractivity contribution in [2.24, 2.45) is 5.73 Å². The van der Waals surface area contributed by atoms with E-state index in [0.29, 0.717) is 17.5 Å². The molecule has 0 amide bonds. The van der Waals surface area contributed by atoms with Gasteiger partial charge in [-0.3, -0.25) is 0 Å². The summed E-state index contributed by atoms with van der Waals surface area (Å²) in [6.45, 7) is 2.24. The predicted molar refractivity (Wildman–Crippen MR) is 78.8 cm³/mol. The SMILES string of the molecule is CSCC(C)NS(=O)(=O)c1cc(CN)n(C2CC2)c1. The molecule has 7 heteroatoms. The third kappa shape index (κ3) is 3.53. The lowest BCUT2D eigenvalue weighted by Crippen LogP contribution is -2.34. The van der Waals surface area contributed by atoms with Gasteiger partial charge in [0.2, 0.25) is 10.0 Å². The fourth-order valence-corrected chi connectivity index (χ4v) is 4.10. The summed E-state index contributed by atoms with van der Waals surface area (Å²) in [6.07, 6.45) is 5.89. The van der Waals surface area contributed by atoms with E-state index in [1.807, 2.05) is 17.7 Å². The van der Waals surface area contributed by atoms with Crippen LogP contribution in [0.4, 0.5) is 0 Å². The van der Waals surface area contributed by atoms with E-state index in [1.165, 1.54) is 0 Å². The van der Waals surface area contributed by atoms with Crippen LogP contribution in [-0.2, 0) is 16.6 Å². The second-order valence-electron chi connectivity index (χ2n) is 4.99. The highest BCUT2D eigenvalue weighted by Gasteiger charge is 2.28. The zero-order valence-corrected chi connectivity index (χ0v) is 12.9. The highest BCUT2D eigenvalue weighted by atomic mass is 32.2. The molecule has 0 bridgehead atoms. The first-order valence-corrected chi connectivity index (χ1v) is 9.27. The van der Waals surface area contributed by atoms with Crippen molar-refractivity contribution in [3.63, 3.8) is 0 Å². The van der Waals surface area contributed by atoms with Crippen LogP contribution >= 0.6 is 11.8 Å². The van der Waals surface area contributed by atoms with Crippen molar-refractivity contribution in [3.05, 3.63) is 18.0 Å². The highest BCUT2D eigenvalue weighted by molar-refractivity contribution is 7.98. The molecule has 0 radical (unpaired) electrons. The van der Waals surface area contributed by atoms with E-state index in [4.69, 9.17) is 5.73 Å². The van der Waals surface area contributed by atoms with Crippen LogP contribution in [-0.4, -0.2) is 31.0 Å². The minimum absolute atomic E-state index is 0.0781. The first kappa shape index (κ1) is 14.9. The van der Waals surface area contributed by atoms with Crippen molar-refractivity contribution in [2.45, 2.75) is 43.3 Å². The fraction of sp³-hybridized carbons (Fsp3) is 0.667. The summed E-state index contributed by atoms with van der Waals surface area (Å²) in [4.78, 5) is 0.327. The normalized spacial score (nSPS) is 17.6. The minimum atomic E-state index is -3.44. The minimum Gasteiger partial charge on any atom is -0.346 e.